The van der Waals surface area contributed by atoms with Crippen molar-refractivity contribution in [1.82, 2.24) is 10.2 Å². The third kappa shape index (κ3) is 6.24. The number of carbonyl (C=O) groups is 2. The first-order chi connectivity index (χ1) is 14.7. The molecule has 0 spiro atoms. The Kier molecular flexibility index (Phi) is 8.12. The molecule has 6 nitrogen and oxygen atoms in total. The number of carbonyl (C=O) groups excluding carboxylic acids is 2. The maximum atomic E-state index is 12.5. The summed E-state index contributed by atoms with van der Waals surface area (Å²) in [6.45, 7) is 5.90. The Hall–Kier alpha value is -3.02. The minimum absolute atomic E-state index is 0.0119. The van der Waals surface area contributed by atoms with Crippen LogP contribution in [0.1, 0.15) is 26.2 Å². The van der Waals surface area contributed by atoms with E-state index >= 15 is 0 Å². The molecule has 160 valence electrons. The van der Waals surface area contributed by atoms with Crippen LogP contribution in [0.4, 0.5) is 16.2 Å². The topological polar surface area (TPSA) is 64.7 Å². The van der Waals surface area contributed by atoms with E-state index in [1.165, 1.54) is 5.69 Å². The predicted molar refractivity (Wildman–Crippen MR) is 122 cm³/mol. The number of para-hydroxylation sites is 2. The molecule has 6 heteroatoms. The van der Waals surface area contributed by atoms with Crippen LogP contribution in [0.15, 0.2) is 60.7 Å². The number of hydrogen-bond acceptors (Lipinski definition) is 3. The minimum Gasteiger partial charge on any atom is -0.372 e. The van der Waals surface area contributed by atoms with E-state index in [2.05, 4.69) is 34.6 Å². The first-order valence-electron chi connectivity index (χ1n) is 10.9. The molecule has 0 unspecified atom stereocenters. The number of rotatable bonds is 8. The maximum Gasteiger partial charge on any atom is 0.321 e. The normalized spacial score (nSPS) is 14.2. The molecule has 0 saturated carbocycles. The van der Waals surface area contributed by atoms with Crippen LogP contribution in [0.3, 0.4) is 0 Å². The van der Waals surface area contributed by atoms with Crippen molar-refractivity contribution in [1.29, 1.82) is 0 Å². The molecular weight excluding hydrogens is 376 g/mol. The average Bonchev–Trinajstić information content (AvgIpc) is 2.80. The van der Waals surface area contributed by atoms with Crippen LogP contribution in [-0.2, 0) is 4.79 Å². The van der Waals surface area contributed by atoms with Gasteiger partial charge in [-0.25, -0.2) is 4.79 Å². The van der Waals surface area contributed by atoms with Gasteiger partial charge < -0.3 is 20.4 Å². The Bertz CT molecular complexity index is 789. The van der Waals surface area contributed by atoms with E-state index in [-0.39, 0.29) is 17.9 Å². The SMILES string of the molecule is CCN(CCCNC(=O)C1CCN(C(=O)Nc2ccccc2)CC1)c1ccccc1. The molecule has 2 N–H and O–H groups in total. The number of amides is 3. The molecule has 2 aromatic rings. The van der Waals surface area contributed by atoms with Crippen molar-refractivity contribution in [2.75, 3.05) is 42.9 Å². The number of nitrogens with zero attached hydrogens (tertiary/aromatic N) is 2. The highest BCUT2D eigenvalue weighted by atomic mass is 16.2. The van der Waals surface area contributed by atoms with Crippen molar-refractivity contribution in [3.05, 3.63) is 60.7 Å². The maximum absolute atomic E-state index is 12.5. The fourth-order valence-corrected chi connectivity index (χ4v) is 3.80. The fraction of sp³-hybridized carbons (Fsp3) is 0.417. The van der Waals surface area contributed by atoms with Crippen molar-refractivity contribution in [2.24, 2.45) is 5.92 Å². The summed E-state index contributed by atoms with van der Waals surface area (Å²) in [6.07, 6.45) is 2.32. The summed E-state index contributed by atoms with van der Waals surface area (Å²) in [5.74, 6) is 0.100. The minimum atomic E-state index is -0.0966. The van der Waals surface area contributed by atoms with Gasteiger partial charge in [0.1, 0.15) is 0 Å². The molecule has 3 amide bonds. The van der Waals surface area contributed by atoms with E-state index < -0.39 is 0 Å². The summed E-state index contributed by atoms with van der Waals surface area (Å²) < 4.78 is 0. The van der Waals surface area contributed by atoms with Gasteiger partial charge in [-0.1, -0.05) is 36.4 Å². The summed E-state index contributed by atoms with van der Waals surface area (Å²) >= 11 is 0. The lowest BCUT2D eigenvalue weighted by Gasteiger charge is -2.31. The average molecular weight is 409 g/mol. The van der Waals surface area contributed by atoms with Gasteiger partial charge in [0.15, 0.2) is 0 Å². The fourth-order valence-electron chi connectivity index (χ4n) is 3.80. The highest BCUT2D eigenvalue weighted by Crippen LogP contribution is 2.19. The van der Waals surface area contributed by atoms with E-state index in [0.717, 1.165) is 25.2 Å². The molecule has 1 saturated heterocycles. The summed E-state index contributed by atoms with van der Waals surface area (Å²) in [7, 11) is 0. The molecule has 0 aromatic heterocycles. The zero-order chi connectivity index (χ0) is 21.2. The van der Waals surface area contributed by atoms with Gasteiger partial charge in [-0.2, -0.15) is 0 Å². The van der Waals surface area contributed by atoms with E-state index in [1.54, 1.807) is 4.90 Å². The molecule has 3 rings (SSSR count). The van der Waals surface area contributed by atoms with Gasteiger partial charge in [0.2, 0.25) is 5.91 Å². The Labute approximate surface area is 179 Å². The van der Waals surface area contributed by atoms with Crippen LogP contribution < -0.4 is 15.5 Å². The van der Waals surface area contributed by atoms with Crippen molar-refractivity contribution >= 4 is 23.3 Å². The Morgan fingerprint density at radius 3 is 2.27 bits per heavy atom. The molecule has 1 aliphatic heterocycles. The van der Waals surface area contributed by atoms with Gasteiger partial charge in [-0.15, -0.1) is 0 Å². The van der Waals surface area contributed by atoms with Crippen molar-refractivity contribution in [2.45, 2.75) is 26.2 Å². The van der Waals surface area contributed by atoms with Gasteiger partial charge in [0, 0.05) is 50.0 Å². The van der Waals surface area contributed by atoms with Crippen molar-refractivity contribution in [3.8, 4) is 0 Å². The van der Waals surface area contributed by atoms with E-state index in [4.69, 9.17) is 0 Å². The summed E-state index contributed by atoms with van der Waals surface area (Å²) in [4.78, 5) is 29.0. The molecule has 0 radical (unpaired) electrons. The summed E-state index contributed by atoms with van der Waals surface area (Å²) in [6, 6.07) is 19.7. The lowest BCUT2D eigenvalue weighted by molar-refractivity contribution is -0.126. The van der Waals surface area contributed by atoms with Gasteiger partial charge in [-0.05, 0) is 50.5 Å². The molecule has 30 heavy (non-hydrogen) atoms. The third-order valence-corrected chi connectivity index (χ3v) is 5.59. The first-order valence-corrected chi connectivity index (χ1v) is 10.9. The number of benzene rings is 2. The lowest BCUT2D eigenvalue weighted by Crippen LogP contribution is -2.44. The zero-order valence-electron chi connectivity index (χ0n) is 17.7. The molecular formula is C24H32N4O2. The smallest absolute Gasteiger partial charge is 0.321 e. The molecule has 0 bridgehead atoms. The zero-order valence-corrected chi connectivity index (χ0v) is 17.7. The monoisotopic (exact) mass is 408 g/mol. The number of piperidine rings is 1. The number of hydrogen-bond donors (Lipinski definition) is 2. The molecule has 1 fully saturated rings. The molecule has 2 aromatic carbocycles. The number of urea groups is 1. The van der Waals surface area contributed by atoms with Crippen LogP contribution in [0, 0.1) is 5.92 Å². The number of likely N-dealkylation sites (tertiary alicyclic amines) is 1. The van der Waals surface area contributed by atoms with Crippen LogP contribution in [-0.4, -0.2) is 49.6 Å². The van der Waals surface area contributed by atoms with Crippen LogP contribution in [0.2, 0.25) is 0 Å². The second-order valence-electron chi connectivity index (χ2n) is 7.62. The second kappa shape index (κ2) is 11.2. The highest BCUT2D eigenvalue weighted by Gasteiger charge is 2.27. The van der Waals surface area contributed by atoms with Gasteiger partial charge >= 0.3 is 6.03 Å². The van der Waals surface area contributed by atoms with Crippen LogP contribution in [0.5, 0.6) is 0 Å². The Morgan fingerprint density at radius 1 is 1.00 bits per heavy atom. The van der Waals surface area contributed by atoms with Gasteiger partial charge in [0.25, 0.3) is 0 Å². The quantitative estimate of drug-likeness (QED) is 0.650. The van der Waals surface area contributed by atoms with Crippen molar-refractivity contribution in [3.63, 3.8) is 0 Å². The van der Waals surface area contributed by atoms with Crippen LogP contribution >= 0.6 is 0 Å². The molecule has 1 heterocycles. The van der Waals surface area contributed by atoms with Gasteiger partial charge in [0.05, 0.1) is 0 Å². The number of anilines is 2. The van der Waals surface area contributed by atoms with Gasteiger partial charge in [-0.3, -0.25) is 4.79 Å². The highest BCUT2D eigenvalue weighted by molar-refractivity contribution is 5.89. The van der Waals surface area contributed by atoms with Crippen LogP contribution in [0.25, 0.3) is 0 Å². The molecule has 0 aliphatic carbocycles. The second-order valence-corrected chi connectivity index (χ2v) is 7.62. The lowest BCUT2D eigenvalue weighted by atomic mass is 9.96. The number of nitrogens with one attached hydrogen (secondary N) is 2. The Morgan fingerprint density at radius 2 is 1.63 bits per heavy atom. The summed E-state index contributed by atoms with van der Waals surface area (Å²) in [5.41, 5.74) is 2.01. The first kappa shape index (κ1) is 21.7. The predicted octanol–water partition coefficient (Wildman–Crippen LogP) is 3.96. The van der Waals surface area contributed by atoms with E-state index in [0.29, 0.717) is 32.5 Å². The van der Waals surface area contributed by atoms with Crippen molar-refractivity contribution < 1.29 is 9.59 Å². The third-order valence-electron chi connectivity index (χ3n) is 5.59. The largest absolute Gasteiger partial charge is 0.372 e. The molecule has 0 atom stereocenters. The molecule has 1 aliphatic rings. The van der Waals surface area contributed by atoms with E-state index in [1.807, 2.05) is 48.5 Å². The standard InChI is InChI=1S/C24H32N4O2/c1-2-27(22-12-7-4-8-13-22)17-9-16-25-23(29)20-14-18-28(19-15-20)24(30)26-21-10-5-3-6-11-21/h3-8,10-13,20H,2,9,14-19H2,1H3,(H,25,29)(H,26,30). The Balaban J connectivity index is 1.34. The van der Waals surface area contributed by atoms with E-state index in [9.17, 15) is 9.59 Å². The summed E-state index contributed by atoms with van der Waals surface area (Å²) in [5, 5.41) is 5.99.